The van der Waals surface area contributed by atoms with Gasteiger partial charge in [0.15, 0.2) is 0 Å². The maximum absolute atomic E-state index is 12.8. The van der Waals surface area contributed by atoms with E-state index in [1.165, 1.54) is 11.3 Å². The molecule has 6 heteroatoms. The molecule has 1 amide bonds. The second-order valence-corrected chi connectivity index (χ2v) is 7.36. The highest BCUT2D eigenvalue weighted by molar-refractivity contribution is 7.17. The Kier molecular flexibility index (Phi) is 6.11. The predicted octanol–water partition coefficient (Wildman–Crippen LogP) is 3.92. The molecule has 0 saturated carbocycles. The summed E-state index contributed by atoms with van der Waals surface area (Å²) in [7, 11) is 1.66. The quantitative estimate of drug-likeness (QED) is 0.768. The number of hydrogen-bond donors (Lipinski definition) is 0. The standard InChI is InChI=1S/C16H22N2O2S2/c1-11(2)9-18(6-7-20-4)16(19)14-12(3)17-15(22-14)13-5-8-21-10-13/h5,8,10-11H,6-7,9H2,1-4H3. The van der Waals surface area contributed by atoms with Crippen LogP contribution >= 0.6 is 22.7 Å². The van der Waals surface area contributed by atoms with Gasteiger partial charge in [0.25, 0.3) is 5.91 Å². The lowest BCUT2D eigenvalue weighted by Gasteiger charge is -2.23. The Bertz CT molecular complexity index is 606. The van der Waals surface area contributed by atoms with E-state index in [4.69, 9.17) is 4.74 Å². The van der Waals surface area contributed by atoms with Crippen LogP contribution in [0.3, 0.4) is 0 Å². The highest BCUT2D eigenvalue weighted by atomic mass is 32.1. The molecule has 0 N–H and O–H groups in total. The molecular formula is C16H22N2O2S2. The monoisotopic (exact) mass is 338 g/mol. The third kappa shape index (κ3) is 4.15. The zero-order valence-corrected chi connectivity index (χ0v) is 15.1. The van der Waals surface area contributed by atoms with Gasteiger partial charge >= 0.3 is 0 Å². The highest BCUT2D eigenvalue weighted by Crippen LogP contribution is 2.30. The molecule has 0 aliphatic heterocycles. The third-order valence-corrected chi connectivity index (χ3v) is 5.07. The first-order valence-corrected chi connectivity index (χ1v) is 9.07. The maximum atomic E-state index is 12.8. The SMILES string of the molecule is COCCN(CC(C)C)C(=O)c1sc(-c2ccsc2)nc1C. The van der Waals surface area contributed by atoms with Gasteiger partial charge < -0.3 is 9.64 Å². The van der Waals surface area contributed by atoms with E-state index in [1.807, 2.05) is 23.3 Å². The van der Waals surface area contributed by atoms with Crippen LogP contribution in [0.4, 0.5) is 0 Å². The molecule has 2 aromatic heterocycles. The summed E-state index contributed by atoms with van der Waals surface area (Å²) in [5.41, 5.74) is 1.90. The summed E-state index contributed by atoms with van der Waals surface area (Å²) in [6.07, 6.45) is 0. The van der Waals surface area contributed by atoms with Crippen molar-refractivity contribution in [3.63, 3.8) is 0 Å². The van der Waals surface area contributed by atoms with Crippen LogP contribution < -0.4 is 0 Å². The fourth-order valence-corrected chi connectivity index (χ4v) is 3.91. The summed E-state index contributed by atoms with van der Waals surface area (Å²) >= 11 is 3.12. The minimum Gasteiger partial charge on any atom is -0.383 e. The van der Waals surface area contributed by atoms with Crippen LogP contribution in [0.25, 0.3) is 10.6 Å². The minimum absolute atomic E-state index is 0.0576. The van der Waals surface area contributed by atoms with Crippen molar-refractivity contribution >= 4 is 28.6 Å². The van der Waals surface area contributed by atoms with E-state index in [0.29, 0.717) is 19.1 Å². The van der Waals surface area contributed by atoms with Crippen LogP contribution in [0.1, 0.15) is 29.2 Å². The lowest BCUT2D eigenvalue weighted by Crippen LogP contribution is -2.36. The number of methoxy groups -OCH3 is 1. The van der Waals surface area contributed by atoms with Crippen LogP contribution in [-0.4, -0.2) is 42.6 Å². The molecule has 0 fully saturated rings. The second kappa shape index (κ2) is 7.85. The van der Waals surface area contributed by atoms with E-state index < -0.39 is 0 Å². The van der Waals surface area contributed by atoms with Crippen LogP contribution in [0.5, 0.6) is 0 Å². The first kappa shape index (κ1) is 17.1. The van der Waals surface area contributed by atoms with Gasteiger partial charge in [-0.15, -0.1) is 11.3 Å². The Morgan fingerprint density at radius 1 is 1.45 bits per heavy atom. The van der Waals surface area contributed by atoms with Crippen LogP contribution in [0, 0.1) is 12.8 Å². The molecule has 0 atom stereocenters. The number of amides is 1. The van der Waals surface area contributed by atoms with Gasteiger partial charge in [-0.2, -0.15) is 11.3 Å². The fourth-order valence-electron chi connectivity index (χ4n) is 2.17. The van der Waals surface area contributed by atoms with Crippen LogP contribution in [-0.2, 0) is 4.74 Å². The van der Waals surface area contributed by atoms with Crippen molar-refractivity contribution in [1.29, 1.82) is 0 Å². The van der Waals surface area contributed by atoms with Crippen molar-refractivity contribution < 1.29 is 9.53 Å². The number of thiophene rings is 1. The molecule has 2 rings (SSSR count). The number of hydrogen-bond acceptors (Lipinski definition) is 5. The van der Waals surface area contributed by atoms with Crippen molar-refractivity contribution in [3.05, 3.63) is 27.4 Å². The number of thiazole rings is 1. The number of rotatable bonds is 7. The van der Waals surface area contributed by atoms with Gasteiger partial charge in [0.2, 0.25) is 0 Å². The molecule has 2 heterocycles. The van der Waals surface area contributed by atoms with Crippen molar-refractivity contribution in [2.45, 2.75) is 20.8 Å². The molecule has 0 bridgehead atoms. The Morgan fingerprint density at radius 3 is 2.82 bits per heavy atom. The number of aryl methyl sites for hydroxylation is 1. The Hall–Kier alpha value is -1.24. The number of ether oxygens (including phenoxy) is 1. The van der Waals surface area contributed by atoms with Gasteiger partial charge in [-0.1, -0.05) is 13.8 Å². The molecule has 22 heavy (non-hydrogen) atoms. The molecular weight excluding hydrogens is 316 g/mol. The molecule has 120 valence electrons. The highest BCUT2D eigenvalue weighted by Gasteiger charge is 2.22. The minimum atomic E-state index is 0.0576. The number of carbonyl (C=O) groups is 1. The summed E-state index contributed by atoms with van der Waals surface area (Å²) in [6, 6.07) is 2.04. The van der Waals surface area contributed by atoms with Crippen molar-refractivity contribution in [2.24, 2.45) is 5.92 Å². The van der Waals surface area contributed by atoms with Gasteiger partial charge in [0.1, 0.15) is 9.88 Å². The van der Waals surface area contributed by atoms with E-state index >= 15 is 0 Å². The lowest BCUT2D eigenvalue weighted by molar-refractivity contribution is 0.0676. The Morgan fingerprint density at radius 2 is 2.23 bits per heavy atom. The summed E-state index contributed by atoms with van der Waals surface area (Å²) in [5.74, 6) is 0.479. The molecule has 4 nitrogen and oxygen atoms in total. The molecule has 0 aliphatic carbocycles. The topological polar surface area (TPSA) is 42.4 Å². The zero-order chi connectivity index (χ0) is 16.1. The van der Waals surface area contributed by atoms with Gasteiger partial charge in [0, 0.05) is 31.1 Å². The molecule has 2 aromatic rings. The predicted molar refractivity (Wildman–Crippen MR) is 92.8 cm³/mol. The van der Waals surface area contributed by atoms with E-state index in [2.05, 4.69) is 24.2 Å². The second-order valence-electron chi connectivity index (χ2n) is 5.58. The average Bonchev–Trinajstić information content (AvgIpc) is 3.11. The third-order valence-electron chi connectivity index (χ3n) is 3.20. The van der Waals surface area contributed by atoms with Gasteiger partial charge in [-0.25, -0.2) is 4.98 Å². The van der Waals surface area contributed by atoms with Crippen LogP contribution in [0.15, 0.2) is 16.8 Å². The normalized spacial score (nSPS) is 11.1. The number of carbonyl (C=O) groups excluding carboxylic acids is 1. The Balaban J connectivity index is 2.22. The smallest absolute Gasteiger partial charge is 0.265 e. The van der Waals surface area contributed by atoms with Gasteiger partial charge in [-0.05, 0) is 24.3 Å². The van der Waals surface area contributed by atoms with E-state index in [0.717, 1.165) is 27.7 Å². The largest absolute Gasteiger partial charge is 0.383 e. The van der Waals surface area contributed by atoms with E-state index in [-0.39, 0.29) is 5.91 Å². The zero-order valence-electron chi connectivity index (χ0n) is 13.5. The van der Waals surface area contributed by atoms with Crippen molar-refractivity contribution in [1.82, 2.24) is 9.88 Å². The molecule has 0 aromatic carbocycles. The first-order chi connectivity index (χ1) is 10.5. The summed E-state index contributed by atoms with van der Waals surface area (Å²) in [6.45, 7) is 8.02. The number of aromatic nitrogens is 1. The van der Waals surface area contributed by atoms with E-state index in [9.17, 15) is 4.79 Å². The van der Waals surface area contributed by atoms with E-state index in [1.54, 1.807) is 18.4 Å². The first-order valence-electron chi connectivity index (χ1n) is 7.31. The number of nitrogens with zero attached hydrogens (tertiary/aromatic N) is 2. The fraction of sp³-hybridized carbons (Fsp3) is 0.500. The maximum Gasteiger partial charge on any atom is 0.265 e. The Labute approximate surface area is 139 Å². The molecule has 0 unspecified atom stereocenters. The summed E-state index contributed by atoms with van der Waals surface area (Å²) < 4.78 is 5.13. The summed E-state index contributed by atoms with van der Waals surface area (Å²) in [4.78, 5) is 20.0. The lowest BCUT2D eigenvalue weighted by atomic mass is 10.2. The van der Waals surface area contributed by atoms with Crippen molar-refractivity contribution in [3.8, 4) is 10.6 Å². The van der Waals surface area contributed by atoms with Crippen LogP contribution in [0.2, 0.25) is 0 Å². The molecule has 0 aliphatic rings. The molecule has 0 spiro atoms. The molecule has 0 radical (unpaired) electrons. The molecule has 0 saturated heterocycles. The average molecular weight is 338 g/mol. The summed E-state index contributed by atoms with van der Waals surface area (Å²) in [5, 5.41) is 5.00. The van der Waals surface area contributed by atoms with Gasteiger partial charge in [0.05, 0.1) is 12.3 Å². The van der Waals surface area contributed by atoms with Gasteiger partial charge in [-0.3, -0.25) is 4.79 Å². The van der Waals surface area contributed by atoms with Crippen molar-refractivity contribution in [2.75, 3.05) is 26.8 Å².